The number of carbonyl (C=O) groups excluding carboxylic acids is 1. The Kier molecular flexibility index (Phi) is 5.86. The molecule has 2 aromatic rings. The quantitative estimate of drug-likeness (QED) is 0.534. The smallest absolute Gasteiger partial charge is 0.475 e. The van der Waals surface area contributed by atoms with Gasteiger partial charge in [-0.15, -0.1) is 11.3 Å². The number of carboxylic acids is 1. The van der Waals surface area contributed by atoms with E-state index in [4.69, 9.17) is 5.11 Å². The minimum absolute atomic E-state index is 0.00890. The minimum Gasteiger partial charge on any atom is -0.478 e. The molecule has 0 aliphatic rings. The molecule has 0 aliphatic heterocycles. The molecule has 0 fully saturated rings. The Balaban J connectivity index is 2.02. The molecule has 0 aromatic carbocycles. The van der Waals surface area contributed by atoms with E-state index in [1.807, 2.05) is 17.5 Å². The third-order valence-electron chi connectivity index (χ3n) is 3.11. The van der Waals surface area contributed by atoms with Crippen LogP contribution in [0.3, 0.4) is 0 Å². The van der Waals surface area contributed by atoms with E-state index in [1.165, 1.54) is 29.7 Å². The van der Waals surface area contributed by atoms with Gasteiger partial charge in [0.1, 0.15) is 0 Å². The lowest BCUT2D eigenvalue weighted by molar-refractivity contribution is -0.120. The van der Waals surface area contributed by atoms with Crippen molar-refractivity contribution < 1.29 is 24.7 Å². The van der Waals surface area contributed by atoms with Crippen molar-refractivity contribution in [1.29, 1.82) is 0 Å². The standard InChI is InChI=1S/C14H15BN2O5S/c18-13(8-11-2-1-5-23-11)17-12(15(21)22)7-10-6-9(14(19)20)3-4-16-10/h1-6,12,21-22H,7-8H2,(H,17,18)(H,19,20)/t12-/m0/s1. The second kappa shape index (κ2) is 7.86. The van der Waals surface area contributed by atoms with Crippen molar-refractivity contribution in [3.8, 4) is 0 Å². The zero-order valence-corrected chi connectivity index (χ0v) is 12.9. The number of pyridine rings is 1. The van der Waals surface area contributed by atoms with Gasteiger partial charge in [0.05, 0.1) is 17.9 Å². The van der Waals surface area contributed by atoms with Gasteiger partial charge in [0.2, 0.25) is 5.91 Å². The molecule has 0 bridgehead atoms. The van der Waals surface area contributed by atoms with E-state index in [2.05, 4.69) is 10.3 Å². The van der Waals surface area contributed by atoms with Crippen LogP contribution in [0.2, 0.25) is 0 Å². The van der Waals surface area contributed by atoms with Crippen molar-refractivity contribution in [2.75, 3.05) is 0 Å². The highest BCUT2D eigenvalue weighted by Crippen LogP contribution is 2.10. The second-order valence-electron chi connectivity index (χ2n) is 4.89. The number of carbonyl (C=O) groups is 2. The van der Waals surface area contributed by atoms with Crippen LogP contribution in [-0.4, -0.2) is 45.1 Å². The predicted octanol–water partition coefficient (Wildman–Crippen LogP) is 0.123. The second-order valence-corrected chi connectivity index (χ2v) is 5.92. The molecule has 0 saturated carbocycles. The fourth-order valence-electron chi connectivity index (χ4n) is 2.01. The molecule has 2 rings (SSSR count). The van der Waals surface area contributed by atoms with E-state index in [0.717, 1.165) is 4.88 Å². The summed E-state index contributed by atoms with van der Waals surface area (Å²) in [5.74, 6) is -2.42. The van der Waals surface area contributed by atoms with Crippen molar-refractivity contribution in [1.82, 2.24) is 10.3 Å². The largest absolute Gasteiger partial charge is 0.478 e. The molecule has 9 heteroatoms. The normalized spacial score (nSPS) is 11.7. The van der Waals surface area contributed by atoms with E-state index in [9.17, 15) is 19.6 Å². The van der Waals surface area contributed by atoms with Gasteiger partial charge in [0.25, 0.3) is 0 Å². The van der Waals surface area contributed by atoms with Crippen molar-refractivity contribution >= 4 is 30.3 Å². The average molecular weight is 334 g/mol. The number of nitrogens with one attached hydrogen (secondary N) is 1. The first-order valence-corrected chi connectivity index (χ1v) is 7.70. The summed E-state index contributed by atoms with van der Waals surface area (Å²) in [5.41, 5.74) is 0.394. The highest BCUT2D eigenvalue weighted by atomic mass is 32.1. The van der Waals surface area contributed by atoms with Gasteiger partial charge >= 0.3 is 13.1 Å². The first kappa shape index (κ1) is 17.1. The zero-order valence-electron chi connectivity index (χ0n) is 12.0. The highest BCUT2D eigenvalue weighted by molar-refractivity contribution is 7.10. The van der Waals surface area contributed by atoms with E-state index < -0.39 is 19.0 Å². The van der Waals surface area contributed by atoms with Crippen LogP contribution in [0.4, 0.5) is 0 Å². The van der Waals surface area contributed by atoms with Crippen LogP contribution in [0.1, 0.15) is 20.9 Å². The third-order valence-corrected chi connectivity index (χ3v) is 3.99. The summed E-state index contributed by atoms with van der Waals surface area (Å²) in [6.07, 6.45) is 1.48. The first-order valence-electron chi connectivity index (χ1n) is 6.82. The molecule has 120 valence electrons. The summed E-state index contributed by atoms with van der Waals surface area (Å²) in [7, 11) is -1.78. The fraction of sp³-hybridized carbons (Fsp3) is 0.214. The predicted molar refractivity (Wildman–Crippen MR) is 85.0 cm³/mol. The number of hydrogen-bond acceptors (Lipinski definition) is 6. The van der Waals surface area contributed by atoms with Crippen molar-refractivity contribution in [3.05, 3.63) is 52.0 Å². The maximum Gasteiger partial charge on any atom is 0.475 e. The van der Waals surface area contributed by atoms with E-state index in [1.54, 1.807) is 0 Å². The van der Waals surface area contributed by atoms with Crippen LogP contribution in [0, 0.1) is 0 Å². The number of amides is 1. The molecule has 2 aromatic heterocycles. The third kappa shape index (κ3) is 5.17. The molecular weight excluding hydrogens is 319 g/mol. The molecule has 1 amide bonds. The Morgan fingerprint density at radius 1 is 1.35 bits per heavy atom. The monoisotopic (exact) mass is 334 g/mol. The Morgan fingerprint density at radius 2 is 2.13 bits per heavy atom. The van der Waals surface area contributed by atoms with Gasteiger partial charge in [0, 0.05) is 23.2 Å². The lowest BCUT2D eigenvalue weighted by atomic mass is 9.76. The van der Waals surface area contributed by atoms with Crippen LogP contribution in [0.25, 0.3) is 0 Å². The number of aromatic nitrogens is 1. The lowest BCUT2D eigenvalue weighted by Crippen LogP contribution is -2.48. The minimum atomic E-state index is -1.78. The van der Waals surface area contributed by atoms with Gasteiger partial charge in [-0.1, -0.05) is 6.07 Å². The highest BCUT2D eigenvalue weighted by Gasteiger charge is 2.26. The number of carboxylic acid groups (broad SMARTS) is 1. The fourth-order valence-corrected chi connectivity index (χ4v) is 2.71. The summed E-state index contributed by atoms with van der Waals surface area (Å²) < 4.78 is 0. The number of rotatable bonds is 7. The van der Waals surface area contributed by atoms with Gasteiger partial charge in [-0.3, -0.25) is 9.78 Å². The van der Waals surface area contributed by atoms with Crippen molar-refractivity contribution in [3.63, 3.8) is 0 Å². The number of thiophene rings is 1. The molecule has 7 nitrogen and oxygen atoms in total. The number of nitrogens with zero attached hydrogens (tertiary/aromatic N) is 1. The van der Waals surface area contributed by atoms with Gasteiger partial charge in [0.15, 0.2) is 0 Å². The average Bonchev–Trinajstić information content (AvgIpc) is 2.99. The van der Waals surface area contributed by atoms with Crippen LogP contribution in [0.5, 0.6) is 0 Å². The summed E-state index contributed by atoms with van der Waals surface area (Å²) in [6, 6.07) is 6.31. The number of aromatic carboxylic acids is 1. The zero-order chi connectivity index (χ0) is 16.8. The molecule has 0 unspecified atom stereocenters. The molecule has 0 saturated heterocycles. The van der Waals surface area contributed by atoms with E-state index >= 15 is 0 Å². The Morgan fingerprint density at radius 3 is 2.74 bits per heavy atom. The Labute approximate surface area is 136 Å². The number of hydrogen-bond donors (Lipinski definition) is 4. The molecule has 1 atom stereocenters. The van der Waals surface area contributed by atoms with Crippen LogP contribution < -0.4 is 5.32 Å². The molecule has 23 heavy (non-hydrogen) atoms. The SMILES string of the molecule is O=C(Cc1cccs1)N[C@@H](Cc1cc(C(=O)O)ccn1)B(O)O. The summed E-state index contributed by atoms with van der Waals surface area (Å²) >= 11 is 1.43. The van der Waals surface area contributed by atoms with Gasteiger partial charge in [-0.2, -0.15) is 0 Å². The van der Waals surface area contributed by atoms with Crippen molar-refractivity contribution in [2.45, 2.75) is 18.8 Å². The van der Waals surface area contributed by atoms with E-state index in [0.29, 0.717) is 5.69 Å². The van der Waals surface area contributed by atoms with Gasteiger partial charge in [-0.25, -0.2) is 4.79 Å². The Bertz CT molecular complexity index is 678. The van der Waals surface area contributed by atoms with Crippen molar-refractivity contribution in [2.24, 2.45) is 0 Å². The maximum absolute atomic E-state index is 11.9. The van der Waals surface area contributed by atoms with Crippen LogP contribution in [-0.2, 0) is 17.6 Å². The van der Waals surface area contributed by atoms with Crippen LogP contribution in [0.15, 0.2) is 35.8 Å². The maximum atomic E-state index is 11.9. The van der Waals surface area contributed by atoms with Gasteiger partial charge in [-0.05, 0) is 23.6 Å². The molecule has 0 radical (unpaired) electrons. The molecule has 2 heterocycles. The van der Waals surface area contributed by atoms with E-state index in [-0.39, 0.29) is 24.3 Å². The molecular formula is C14H15BN2O5S. The molecule has 0 aliphatic carbocycles. The first-order chi connectivity index (χ1) is 11.0. The summed E-state index contributed by atoms with van der Waals surface area (Å²) in [6.45, 7) is 0. The lowest BCUT2D eigenvalue weighted by Gasteiger charge is -2.17. The Hall–Kier alpha value is -2.23. The van der Waals surface area contributed by atoms with Gasteiger partial charge < -0.3 is 20.5 Å². The topological polar surface area (TPSA) is 120 Å². The summed E-state index contributed by atoms with van der Waals surface area (Å²) in [4.78, 5) is 27.7. The molecule has 0 spiro atoms. The van der Waals surface area contributed by atoms with Crippen LogP contribution >= 0.6 is 11.3 Å². The summed E-state index contributed by atoms with van der Waals surface area (Å²) in [5, 5.41) is 32.2. The molecule has 4 N–H and O–H groups in total.